The third-order valence-corrected chi connectivity index (χ3v) is 5.13. The summed E-state index contributed by atoms with van der Waals surface area (Å²) >= 11 is 0. The average molecular weight is 371 g/mol. The lowest BCUT2D eigenvalue weighted by Crippen LogP contribution is -2.34. The molecule has 0 unspecified atom stereocenters. The first-order valence-corrected chi connectivity index (χ1v) is 9.17. The van der Waals surface area contributed by atoms with Crippen LogP contribution in [0.4, 0.5) is 11.5 Å². The van der Waals surface area contributed by atoms with E-state index in [4.69, 9.17) is 9.47 Å². The highest BCUT2D eigenvalue weighted by Gasteiger charge is 2.25. The van der Waals surface area contributed by atoms with E-state index in [1.165, 1.54) is 11.6 Å². The third kappa shape index (κ3) is 4.67. The zero-order chi connectivity index (χ0) is 19.2. The molecule has 1 aliphatic heterocycles. The SMILES string of the molecule is COc1cc(CCC2CCN(c3ncccc3[N+](=O)[O-])CC2)cc(OC)c1. The molecule has 0 N–H and O–H groups in total. The smallest absolute Gasteiger partial charge is 0.311 e. The van der Waals surface area contributed by atoms with Crippen LogP contribution in [0.3, 0.4) is 0 Å². The van der Waals surface area contributed by atoms with Crippen molar-refractivity contribution in [2.24, 2.45) is 5.92 Å². The number of benzene rings is 1. The Hall–Kier alpha value is -2.83. The Morgan fingerprint density at radius 3 is 2.44 bits per heavy atom. The number of rotatable bonds is 7. The van der Waals surface area contributed by atoms with Gasteiger partial charge in [0.05, 0.1) is 19.1 Å². The summed E-state index contributed by atoms with van der Waals surface area (Å²) in [6.45, 7) is 1.59. The minimum absolute atomic E-state index is 0.0828. The normalized spacial score (nSPS) is 14.8. The highest BCUT2D eigenvalue weighted by atomic mass is 16.6. The number of methoxy groups -OCH3 is 2. The lowest BCUT2D eigenvalue weighted by atomic mass is 9.90. The van der Waals surface area contributed by atoms with E-state index in [1.807, 2.05) is 11.0 Å². The summed E-state index contributed by atoms with van der Waals surface area (Å²) in [6, 6.07) is 9.10. The van der Waals surface area contributed by atoms with Gasteiger partial charge in [0.1, 0.15) is 11.5 Å². The average Bonchev–Trinajstić information content (AvgIpc) is 2.72. The highest BCUT2D eigenvalue weighted by molar-refractivity contribution is 5.57. The molecule has 1 aromatic heterocycles. The fourth-order valence-corrected chi connectivity index (χ4v) is 3.59. The molecule has 144 valence electrons. The van der Waals surface area contributed by atoms with Crippen molar-refractivity contribution in [3.8, 4) is 11.5 Å². The molecule has 3 rings (SSSR count). The van der Waals surface area contributed by atoms with Gasteiger partial charge in [-0.2, -0.15) is 0 Å². The second-order valence-corrected chi connectivity index (χ2v) is 6.79. The molecule has 1 fully saturated rings. The van der Waals surface area contributed by atoms with Crippen LogP contribution in [0.5, 0.6) is 11.5 Å². The molecule has 0 radical (unpaired) electrons. The van der Waals surface area contributed by atoms with E-state index in [1.54, 1.807) is 26.5 Å². The highest BCUT2D eigenvalue weighted by Crippen LogP contribution is 2.31. The molecule has 7 nitrogen and oxygen atoms in total. The molecule has 7 heteroatoms. The van der Waals surface area contributed by atoms with Crippen LogP contribution in [0.1, 0.15) is 24.8 Å². The molecule has 0 atom stereocenters. The third-order valence-electron chi connectivity index (χ3n) is 5.13. The fraction of sp³-hybridized carbons (Fsp3) is 0.450. The van der Waals surface area contributed by atoms with Gasteiger partial charge in [-0.15, -0.1) is 0 Å². The van der Waals surface area contributed by atoms with E-state index in [-0.39, 0.29) is 10.6 Å². The number of aryl methyl sites for hydroxylation is 1. The Labute approximate surface area is 159 Å². The number of ether oxygens (including phenoxy) is 2. The van der Waals surface area contributed by atoms with Crippen LogP contribution >= 0.6 is 0 Å². The first-order chi connectivity index (χ1) is 13.1. The van der Waals surface area contributed by atoms with Crippen LogP contribution in [0, 0.1) is 16.0 Å². The summed E-state index contributed by atoms with van der Waals surface area (Å²) in [5.41, 5.74) is 1.29. The Kier molecular flexibility index (Phi) is 6.11. The topological polar surface area (TPSA) is 77.7 Å². The van der Waals surface area contributed by atoms with E-state index < -0.39 is 0 Å². The van der Waals surface area contributed by atoms with Crippen molar-refractivity contribution >= 4 is 11.5 Å². The predicted molar refractivity (Wildman–Crippen MR) is 104 cm³/mol. The number of nitrogens with zero attached hydrogens (tertiary/aromatic N) is 3. The van der Waals surface area contributed by atoms with Crippen molar-refractivity contribution in [3.63, 3.8) is 0 Å². The Morgan fingerprint density at radius 1 is 1.19 bits per heavy atom. The molecule has 2 aromatic rings. The van der Waals surface area contributed by atoms with Crippen molar-refractivity contribution < 1.29 is 14.4 Å². The van der Waals surface area contributed by atoms with Crippen molar-refractivity contribution in [1.82, 2.24) is 4.98 Å². The number of hydrogen-bond donors (Lipinski definition) is 0. The van der Waals surface area contributed by atoms with Gasteiger partial charge in [-0.25, -0.2) is 4.98 Å². The van der Waals surface area contributed by atoms with Crippen molar-refractivity contribution in [2.75, 3.05) is 32.2 Å². The van der Waals surface area contributed by atoms with Crippen LogP contribution in [0.15, 0.2) is 36.5 Å². The molecule has 0 bridgehead atoms. The first kappa shape index (κ1) is 18.9. The molecule has 27 heavy (non-hydrogen) atoms. The maximum atomic E-state index is 11.2. The van der Waals surface area contributed by atoms with Gasteiger partial charge >= 0.3 is 5.69 Å². The number of aromatic nitrogens is 1. The summed E-state index contributed by atoms with van der Waals surface area (Å²) in [4.78, 5) is 17.1. The maximum Gasteiger partial charge on any atom is 0.311 e. The summed E-state index contributed by atoms with van der Waals surface area (Å²) in [5.74, 6) is 2.70. The molecule has 0 aliphatic carbocycles. The van der Waals surface area contributed by atoms with Gasteiger partial charge in [-0.1, -0.05) is 0 Å². The lowest BCUT2D eigenvalue weighted by molar-refractivity contribution is -0.384. The molecular formula is C20H25N3O4. The largest absolute Gasteiger partial charge is 0.497 e. The summed E-state index contributed by atoms with van der Waals surface area (Å²) in [6.07, 6.45) is 5.67. The number of nitro groups is 1. The van der Waals surface area contributed by atoms with Gasteiger partial charge in [0.25, 0.3) is 0 Å². The zero-order valence-electron chi connectivity index (χ0n) is 15.8. The van der Waals surface area contributed by atoms with Gasteiger partial charge in [-0.05, 0) is 55.4 Å². The van der Waals surface area contributed by atoms with Crippen molar-refractivity contribution in [3.05, 3.63) is 52.2 Å². The molecule has 0 spiro atoms. The van der Waals surface area contributed by atoms with Gasteiger partial charge in [0.15, 0.2) is 0 Å². The monoisotopic (exact) mass is 371 g/mol. The summed E-state index contributed by atoms with van der Waals surface area (Å²) in [5, 5.41) is 11.2. The Bertz CT molecular complexity index is 766. The number of piperidine rings is 1. The maximum absolute atomic E-state index is 11.2. The Morgan fingerprint density at radius 2 is 1.85 bits per heavy atom. The van der Waals surface area contributed by atoms with Gasteiger partial charge in [0.2, 0.25) is 5.82 Å². The van der Waals surface area contributed by atoms with Crippen molar-refractivity contribution in [2.45, 2.75) is 25.7 Å². The molecule has 1 saturated heterocycles. The fourth-order valence-electron chi connectivity index (χ4n) is 3.59. The zero-order valence-corrected chi connectivity index (χ0v) is 15.8. The molecule has 1 aliphatic rings. The predicted octanol–water partition coefficient (Wildman–Crippen LogP) is 3.86. The van der Waals surface area contributed by atoms with Gasteiger partial charge in [0, 0.05) is 31.4 Å². The number of hydrogen-bond acceptors (Lipinski definition) is 6. The van der Waals surface area contributed by atoms with Gasteiger partial charge in [-0.3, -0.25) is 10.1 Å². The van der Waals surface area contributed by atoms with Crippen molar-refractivity contribution in [1.29, 1.82) is 0 Å². The standard InChI is InChI=1S/C20H25N3O4/c1-26-17-12-16(13-18(14-17)27-2)6-5-15-7-10-22(11-8-15)20-19(23(24)25)4-3-9-21-20/h3-4,9,12-15H,5-8,10-11H2,1-2H3. The quantitative estimate of drug-likeness (QED) is 0.543. The van der Waals surface area contributed by atoms with Crippen LogP contribution in [0.2, 0.25) is 0 Å². The minimum atomic E-state index is -0.357. The molecular weight excluding hydrogens is 346 g/mol. The van der Waals surface area contributed by atoms with E-state index in [2.05, 4.69) is 17.1 Å². The summed E-state index contributed by atoms with van der Waals surface area (Å²) in [7, 11) is 3.32. The second-order valence-electron chi connectivity index (χ2n) is 6.79. The van der Waals surface area contributed by atoms with E-state index in [0.29, 0.717) is 11.7 Å². The van der Waals surface area contributed by atoms with E-state index in [0.717, 1.165) is 50.3 Å². The number of pyridine rings is 1. The minimum Gasteiger partial charge on any atom is -0.497 e. The molecule has 0 amide bonds. The van der Waals surface area contributed by atoms with Crippen LogP contribution in [-0.4, -0.2) is 37.2 Å². The van der Waals surface area contributed by atoms with Crippen LogP contribution in [0.25, 0.3) is 0 Å². The molecule has 0 saturated carbocycles. The van der Waals surface area contributed by atoms with Gasteiger partial charge < -0.3 is 14.4 Å². The van der Waals surface area contributed by atoms with E-state index >= 15 is 0 Å². The molecule has 1 aromatic carbocycles. The first-order valence-electron chi connectivity index (χ1n) is 9.17. The lowest BCUT2D eigenvalue weighted by Gasteiger charge is -2.32. The summed E-state index contributed by atoms with van der Waals surface area (Å²) < 4.78 is 10.7. The second kappa shape index (κ2) is 8.70. The van der Waals surface area contributed by atoms with Crippen LogP contribution in [-0.2, 0) is 6.42 Å². The van der Waals surface area contributed by atoms with Crippen LogP contribution < -0.4 is 14.4 Å². The Balaban J connectivity index is 1.57. The number of anilines is 1. The van der Waals surface area contributed by atoms with E-state index in [9.17, 15) is 10.1 Å². The molecule has 2 heterocycles.